The van der Waals surface area contributed by atoms with E-state index in [0.717, 1.165) is 22.2 Å². The predicted molar refractivity (Wildman–Crippen MR) is 86.1 cm³/mol. The van der Waals surface area contributed by atoms with Crippen LogP contribution in [0.15, 0.2) is 69.5 Å². The van der Waals surface area contributed by atoms with Crippen LogP contribution in [0.25, 0.3) is 34.4 Å². The van der Waals surface area contributed by atoms with E-state index in [1.165, 1.54) is 0 Å². The molecule has 0 N–H and O–H groups in total. The van der Waals surface area contributed by atoms with Gasteiger partial charge in [-0.15, -0.1) is 0 Å². The lowest BCUT2D eigenvalue weighted by atomic mass is 10.3. The largest absolute Gasteiger partial charge is 0.437 e. The second-order valence-corrected chi connectivity index (χ2v) is 4.76. The summed E-state index contributed by atoms with van der Waals surface area (Å²) < 4.78 is 11.2. The zero-order valence-corrected chi connectivity index (χ0v) is 11.6. The molecular formula is C18H12N2O2. The van der Waals surface area contributed by atoms with Gasteiger partial charge in [0.2, 0.25) is 11.8 Å². The minimum absolute atomic E-state index is 0.573. The van der Waals surface area contributed by atoms with Crippen molar-refractivity contribution in [2.24, 2.45) is 0 Å². The van der Waals surface area contributed by atoms with Gasteiger partial charge in [-0.3, -0.25) is 0 Å². The Hall–Kier alpha value is -3.14. The third-order valence-corrected chi connectivity index (χ3v) is 3.21. The Morgan fingerprint density at radius 3 is 1.55 bits per heavy atom. The quantitative estimate of drug-likeness (QED) is 0.513. The third kappa shape index (κ3) is 2.42. The number of benzene rings is 2. The summed E-state index contributed by atoms with van der Waals surface area (Å²) in [5, 5.41) is 0. The monoisotopic (exact) mass is 288 g/mol. The van der Waals surface area contributed by atoms with Crippen LogP contribution in [-0.4, -0.2) is 9.97 Å². The number of nitrogens with zero attached hydrogens (tertiary/aromatic N) is 2. The van der Waals surface area contributed by atoms with Gasteiger partial charge in [-0.1, -0.05) is 36.4 Å². The van der Waals surface area contributed by atoms with Crippen molar-refractivity contribution in [1.82, 2.24) is 9.97 Å². The summed E-state index contributed by atoms with van der Waals surface area (Å²) in [6.45, 7) is 0. The van der Waals surface area contributed by atoms with Crippen LogP contribution in [0.1, 0.15) is 11.8 Å². The van der Waals surface area contributed by atoms with Gasteiger partial charge in [-0.2, -0.15) is 0 Å². The van der Waals surface area contributed by atoms with Crippen LogP contribution in [0.5, 0.6) is 0 Å². The van der Waals surface area contributed by atoms with Gasteiger partial charge in [0.05, 0.1) is 0 Å². The number of fused-ring (bicyclic) bond motifs is 2. The second-order valence-electron chi connectivity index (χ2n) is 4.76. The molecule has 4 aromatic rings. The van der Waals surface area contributed by atoms with Crippen LogP contribution in [0.4, 0.5) is 0 Å². The number of aromatic nitrogens is 2. The van der Waals surface area contributed by atoms with E-state index in [-0.39, 0.29) is 0 Å². The highest BCUT2D eigenvalue weighted by Crippen LogP contribution is 2.17. The van der Waals surface area contributed by atoms with Crippen LogP contribution in [0.2, 0.25) is 0 Å². The molecule has 0 saturated heterocycles. The first-order valence-electron chi connectivity index (χ1n) is 6.94. The molecular weight excluding hydrogens is 276 g/mol. The van der Waals surface area contributed by atoms with Gasteiger partial charge in [-0.25, -0.2) is 9.97 Å². The van der Waals surface area contributed by atoms with Crippen molar-refractivity contribution in [3.63, 3.8) is 0 Å². The summed E-state index contributed by atoms with van der Waals surface area (Å²) >= 11 is 0. The molecule has 4 nitrogen and oxygen atoms in total. The number of oxazole rings is 2. The fourth-order valence-corrected chi connectivity index (χ4v) is 2.20. The van der Waals surface area contributed by atoms with Crippen molar-refractivity contribution in [1.29, 1.82) is 0 Å². The summed E-state index contributed by atoms with van der Waals surface area (Å²) in [5.41, 5.74) is 3.27. The van der Waals surface area contributed by atoms with Gasteiger partial charge in [0.1, 0.15) is 11.0 Å². The molecule has 0 radical (unpaired) electrons. The van der Waals surface area contributed by atoms with Crippen molar-refractivity contribution in [2.75, 3.05) is 0 Å². The fourth-order valence-electron chi connectivity index (χ4n) is 2.20. The number of hydrogen-bond donors (Lipinski definition) is 0. The first-order valence-corrected chi connectivity index (χ1v) is 6.94. The molecule has 2 heterocycles. The predicted octanol–water partition coefficient (Wildman–Crippen LogP) is 4.70. The van der Waals surface area contributed by atoms with Crippen LogP contribution in [0.3, 0.4) is 0 Å². The SMILES string of the molecule is C(/C=C/c1nc2ccccc2o1)=C\c1nc2ccccc2o1. The zero-order valence-electron chi connectivity index (χ0n) is 11.6. The molecule has 22 heavy (non-hydrogen) atoms. The highest BCUT2D eigenvalue weighted by atomic mass is 16.4. The molecule has 0 aliphatic carbocycles. The number of hydrogen-bond acceptors (Lipinski definition) is 4. The minimum Gasteiger partial charge on any atom is -0.437 e. The Kier molecular flexibility index (Phi) is 3.05. The lowest BCUT2D eigenvalue weighted by Crippen LogP contribution is -1.69. The lowest BCUT2D eigenvalue weighted by Gasteiger charge is -1.81. The minimum atomic E-state index is 0.573. The molecule has 4 heteroatoms. The molecule has 2 aromatic heterocycles. The number of para-hydroxylation sites is 4. The van der Waals surface area contributed by atoms with Crippen molar-refractivity contribution in [2.45, 2.75) is 0 Å². The average Bonchev–Trinajstić information content (AvgIpc) is 3.14. The Bertz CT molecular complexity index is 844. The molecule has 2 aromatic carbocycles. The third-order valence-electron chi connectivity index (χ3n) is 3.21. The lowest BCUT2D eigenvalue weighted by molar-refractivity contribution is 0.588. The highest BCUT2D eigenvalue weighted by Gasteiger charge is 2.01. The Balaban J connectivity index is 1.53. The van der Waals surface area contributed by atoms with E-state index in [4.69, 9.17) is 8.83 Å². The van der Waals surface area contributed by atoms with Crippen molar-refractivity contribution in [3.8, 4) is 0 Å². The Morgan fingerprint density at radius 2 is 1.09 bits per heavy atom. The van der Waals surface area contributed by atoms with Gasteiger partial charge >= 0.3 is 0 Å². The van der Waals surface area contributed by atoms with E-state index in [1.54, 1.807) is 12.2 Å². The topological polar surface area (TPSA) is 52.1 Å². The molecule has 0 bridgehead atoms. The second kappa shape index (κ2) is 5.33. The summed E-state index contributed by atoms with van der Waals surface area (Å²) in [5.74, 6) is 1.15. The van der Waals surface area contributed by atoms with Gasteiger partial charge in [-0.05, 0) is 24.3 Å². The normalized spacial score (nSPS) is 12.2. The number of allylic oxidation sites excluding steroid dienone is 2. The standard InChI is InChI=1S/C18H12N2O2/c1-3-9-15-13(7-1)19-17(21-15)11-5-6-12-18-20-14-8-2-4-10-16(14)22-18/h1-12H/b11-5+,12-6+. The van der Waals surface area contributed by atoms with Gasteiger partial charge < -0.3 is 8.83 Å². The summed E-state index contributed by atoms with van der Waals surface area (Å²) in [6, 6.07) is 15.4. The Morgan fingerprint density at radius 1 is 0.636 bits per heavy atom. The molecule has 4 rings (SSSR count). The van der Waals surface area contributed by atoms with E-state index < -0.39 is 0 Å². The van der Waals surface area contributed by atoms with E-state index >= 15 is 0 Å². The Labute approximate surface area is 126 Å². The van der Waals surface area contributed by atoms with Crippen LogP contribution < -0.4 is 0 Å². The van der Waals surface area contributed by atoms with Gasteiger partial charge in [0.15, 0.2) is 11.2 Å². The van der Waals surface area contributed by atoms with E-state index in [1.807, 2.05) is 60.7 Å². The van der Waals surface area contributed by atoms with Crippen molar-refractivity contribution in [3.05, 3.63) is 72.5 Å². The van der Waals surface area contributed by atoms with E-state index in [2.05, 4.69) is 9.97 Å². The first-order chi connectivity index (χ1) is 10.9. The maximum Gasteiger partial charge on any atom is 0.219 e. The van der Waals surface area contributed by atoms with Crippen LogP contribution in [-0.2, 0) is 0 Å². The van der Waals surface area contributed by atoms with E-state index in [9.17, 15) is 0 Å². The van der Waals surface area contributed by atoms with Crippen LogP contribution >= 0.6 is 0 Å². The molecule has 0 unspecified atom stereocenters. The fraction of sp³-hybridized carbons (Fsp3) is 0. The molecule has 106 valence electrons. The molecule has 0 saturated carbocycles. The smallest absolute Gasteiger partial charge is 0.219 e. The first kappa shape index (κ1) is 12.6. The molecule has 0 aliphatic heterocycles. The van der Waals surface area contributed by atoms with Gasteiger partial charge in [0.25, 0.3) is 0 Å². The molecule has 0 aliphatic rings. The maximum atomic E-state index is 5.60. The summed E-state index contributed by atoms with van der Waals surface area (Å²) in [7, 11) is 0. The van der Waals surface area contributed by atoms with Crippen molar-refractivity contribution < 1.29 is 8.83 Å². The summed E-state index contributed by atoms with van der Waals surface area (Å²) in [4.78, 5) is 8.73. The average molecular weight is 288 g/mol. The summed E-state index contributed by atoms with van der Waals surface area (Å²) in [6.07, 6.45) is 7.30. The zero-order chi connectivity index (χ0) is 14.8. The molecule has 0 atom stereocenters. The van der Waals surface area contributed by atoms with Crippen LogP contribution in [0, 0.1) is 0 Å². The molecule has 0 fully saturated rings. The van der Waals surface area contributed by atoms with E-state index in [0.29, 0.717) is 11.8 Å². The molecule has 0 spiro atoms. The van der Waals surface area contributed by atoms with Crippen molar-refractivity contribution >= 4 is 34.4 Å². The van der Waals surface area contributed by atoms with Gasteiger partial charge in [0, 0.05) is 12.2 Å². The molecule has 0 amide bonds. The number of rotatable bonds is 3. The maximum absolute atomic E-state index is 5.60. The highest BCUT2D eigenvalue weighted by molar-refractivity contribution is 5.74.